The summed E-state index contributed by atoms with van der Waals surface area (Å²) in [6, 6.07) is 0. The van der Waals surface area contributed by atoms with Crippen LogP contribution in [0.1, 0.15) is 6.42 Å². The van der Waals surface area contributed by atoms with E-state index in [9.17, 15) is 9.59 Å². The molecule has 0 bridgehead atoms. The van der Waals surface area contributed by atoms with Gasteiger partial charge in [0.05, 0.1) is 11.8 Å². The van der Waals surface area contributed by atoms with Gasteiger partial charge in [0.25, 0.3) is 5.24 Å². The molecule has 2 aliphatic heterocycles. The van der Waals surface area contributed by atoms with Gasteiger partial charge in [-0.1, -0.05) is 0 Å². The van der Waals surface area contributed by atoms with Gasteiger partial charge in [-0.3, -0.25) is 14.5 Å². The van der Waals surface area contributed by atoms with Crippen molar-refractivity contribution in [1.82, 2.24) is 4.90 Å². The fourth-order valence-corrected chi connectivity index (χ4v) is 2.61. The lowest BCUT2D eigenvalue weighted by atomic mass is 10.1. The molecule has 0 spiro atoms. The van der Waals surface area contributed by atoms with Gasteiger partial charge in [-0.2, -0.15) is 0 Å². The maximum atomic E-state index is 11.0. The Balaban J connectivity index is 0.000000845. The van der Waals surface area contributed by atoms with E-state index in [1.165, 1.54) is 4.90 Å². The first-order valence-corrected chi connectivity index (χ1v) is 4.96. The van der Waals surface area contributed by atoms with Gasteiger partial charge in [0, 0.05) is 5.75 Å². The van der Waals surface area contributed by atoms with Crippen LogP contribution in [0, 0.1) is 0 Å². The van der Waals surface area contributed by atoms with Gasteiger partial charge in [0.1, 0.15) is 5.70 Å². The lowest BCUT2D eigenvalue weighted by Gasteiger charge is -2.42. The summed E-state index contributed by atoms with van der Waals surface area (Å²) in [4.78, 5) is 23.3. The molecule has 0 aromatic rings. The van der Waals surface area contributed by atoms with E-state index in [0.717, 1.165) is 5.75 Å². The number of β-lactam (4-membered cyclic amide) rings is 1. The summed E-state index contributed by atoms with van der Waals surface area (Å²) < 4.78 is 0. The van der Waals surface area contributed by atoms with Crippen molar-refractivity contribution in [2.45, 2.75) is 11.8 Å². The highest BCUT2D eigenvalue weighted by atomic mass is 35.5. The minimum Gasteiger partial charge on any atom is -0.295 e. The number of thioether (sulfide) groups is 1. The predicted molar refractivity (Wildman–Crippen MR) is 53.9 cm³/mol. The molecule has 1 saturated heterocycles. The van der Waals surface area contributed by atoms with Gasteiger partial charge in [0.2, 0.25) is 5.91 Å². The predicted octanol–water partition coefficient (Wildman–Crippen LogP) is 1.36. The molecular formula is C7H7Cl2NO2S. The Kier molecular flexibility index (Phi) is 3.27. The van der Waals surface area contributed by atoms with Gasteiger partial charge in [-0.25, -0.2) is 0 Å². The quantitative estimate of drug-likeness (QED) is 0.513. The molecule has 0 radical (unpaired) electrons. The van der Waals surface area contributed by atoms with Crippen LogP contribution in [0.4, 0.5) is 0 Å². The zero-order chi connectivity index (χ0) is 8.72. The largest absolute Gasteiger partial charge is 0.295 e. The average Bonchev–Trinajstić information content (AvgIpc) is 2.01. The van der Waals surface area contributed by atoms with E-state index in [1.807, 2.05) is 0 Å². The molecule has 13 heavy (non-hydrogen) atoms. The third-order valence-electron chi connectivity index (χ3n) is 1.93. The number of allylic oxidation sites excluding steroid dienone is 1. The summed E-state index contributed by atoms with van der Waals surface area (Å²) in [6.07, 6.45) is 2.24. The Morgan fingerprint density at radius 1 is 1.69 bits per heavy atom. The summed E-state index contributed by atoms with van der Waals surface area (Å²) in [6.45, 7) is 0. The fraction of sp³-hybridized carbons (Fsp3) is 0.429. The molecular weight excluding hydrogens is 233 g/mol. The molecule has 0 aromatic heterocycles. The maximum absolute atomic E-state index is 11.0. The van der Waals surface area contributed by atoms with Crippen LogP contribution < -0.4 is 0 Å². The third-order valence-corrected chi connectivity index (χ3v) is 3.25. The third kappa shape index (κ3) is 1.71. The van der Waals surface area contributed by atoms with E-state index in [4.69, 9.17) is 11.6 Å². The Bertz CT molecular complexity index is 292. The molecule has 2 aliphatic rings. The second kappa shape index (κ2) is 3.90. The highest BCUT2D eigenvalue weighted by Crippen LogP contribution is 2.37. The highest BCUT2D eigenvalue weighted by Gasteiger charge is 2.42. The molecule has 0 aliphatic carbocycles. The van der Waals surface area contributed by atoms with E-state index < -0.39 is 5.24 Å². The van der Waals surface area contributed by atoms with Gasteiger partial charge < -0.3 is 0 Å². The summed E-state index contributed by atoms with van der Waals surface area (Å²) in [5, 5.41) is -0.381. The van der Waals surface area contributed by atoms with E-state index in [1.54, 1.807) is 17.8 Å². The van der Waals surface area contributed by atoms with Crippen molar-refractivity contribution in [3.63, 3.8) is 0 Å². The summed E-state index contributed by atoms with van der Waals surface area (Å²) >= 11 is 6.96. The van der Waals surface area contributed by atoms with Gasteiger partial charge in [0.15, 0.2) is 0 Å². The second-order valence-corrected chi connectivity index (χ2v) is 4.17. The van der Waals surface area contributed by atoms with Gasteiger partial charge >= 0.3 is 0 Å². The van der Waals surface area contributed by atoms with Crippen LogP contribution >= 0.6 is 35.8 Å². The minimum absolute atomic E-state index is 0. The van der Waals surface area contributed by atoms with E-state index in [2.05, 4.69) is 0 Å². The molecule has 2 heterocycles. The molecule has 0 saturated carbocycles. The summed E-state index contributed by atoms with van der Waals surface area (Å²) in [5.41, 5.74) is 0.358. The van der Waals surface area contributed by atoms with Crippen LogP contribution in [0.3, 0.4) is 0 Å². The minimum atomic E-state index is -0.534. The number of halogens is 2. The molecule has 3 nitrogen and oxygen atoms in total. The van der Waals surface area contributed by atoms with Crippen molar-refractivity contribution in [2.75, 3.05) is 5.75 Å². The van der Waals surface area contributed by atoms with Crippen molar-refractivity contribution >= 4 is 46.9 Å². The number of amides is 1. The molecule has 1 amide bonds. The zero-order valence-corrected chi connectivity index (χ0v) is 8.92. The SMILES string of the molecule is Cl.O=C(Cl)C1=CCSC2CC(=O)N12. The lowest BCUT2D eigenvalue weighted by Crippen LogP contribution is -2.52. The van der Waals surface area contributed by atoms with Crippen LogP contribution in [-0.4, -0.2) is 27.2 Å². The fourth-order valence-electron chi connectivity index (χ4n) is 1.32. The van der Waals surface area contributed by atoms with Crippen LogP contribution in [-0.2, 0) is 9.59 Å². The topological polar surface area (TPSA) is 37.4 Å². The number of nitrogens with zero attached hydrogens (tertiary/aromatic N) is 1. The van der Waals surface area contributed by atoms with Gasteiger partial charge in [-0.05, 0) is 17.7 Å². The normalized spacial score (nSPS) is 25.3. The van der Waals surface area contributed by atoms with E-state index >= 15 is 0 Å². The number of carbonyl (C=O) groups is 2. The molecule has 2 rings (SSSR count). The Hall–Kier alpha value is -0.190. The van der Waals surface area contributed by atoms with Crippen LogP contribution in [0.25, 0.3) is 0 Å². The van der Waals surface area contributed by atoms with Crippen LogP contribution in [0.15, 0.2) is 11.8 Å². The van der Waals surface area contributed by atoms with E-state index in [-0.39, 0.29) is 23.7 Å². The van der Waals surface area contributed by atoms with Crippen molar-refractivity contribution in [3.8, 4) is 0 Å². The zero-order valence-electron chi connectivity index (χ0n) is 6.53. The number of carbonyl (C=O) groups excluding carboxylic acids is 2. The first-order valence-electron chi connectivity index (χ1n) is 3.54. The van der Waals surface area contributed by atoms with Crippen molar-refractivity contribution in [3.05, 3.63) is 11.8 Å². The first kappa shape index (κ1) is 10.9. The average molecular weight is 240 g/mol. The number of fused-ring (bicyclic) bond motifs is 1. The first-order chi connectivity index (χ1) is 5.70. The molecule has 72 valence electrons. The second-order valence-electron chi connectivity index (χ2n) is 2.62. The monoisotopic (exact) mass is 239 g/mol. The Labute approximate surface area is 90.9 Å². The van der Waals surface area contributed by atoms with Crippen LogP contribution in [0.2, 0.25) is 0 Å². The highest BCUT2D eigenvalue weighted by molar-refractivity contribution is 8.00. The smallest absolute Gasteiger partial charge is 0.268 e. The Morgan fingerprint density at radius 3 is 2.85 bits per heavy atom. The standard InChI is InChI=1S/C7H6ClNO2S.ClH/c8-7(11)4-1-2-12-6-3-5(10)9(4)6;/h1,6H,2-3H2;1H. The molecule has 1 atom stereocenters. The number of hydrogen-bond acceptors (Lipinski definition) is 3. The van der Waals surface area contributed by atoms with Crippen molar-refractivity contribution in [1.29, 1.82) is 0 Å². The summed E-state index contributed by atoms with van der Waals surface area (Å²) in [5.74, 6) is 0.759. The van der Waals surface area contributed by atoms with Gasteiger partial charge in [-0.15, -0.1) is 24.2 Å². The molecule has 0 aromatic carbocycles. The maximum Gasteiger partial charge on any atom is 0.268 e. The van der Waals surface area contributed by atoms with Crippen molar-refractivity contribution < 1.29 is 9.59 Å². The molecule has 0 N–H and O–H groups in total. The van der Waals surface area contributed by atoms with Crippen LogP contribution in [0.5, 0.6) is 0 Å². The Morgan fingerprint density at radius 2 is 2.38 bits per heavy atom. The van der Waals surface area contributed by atoms with E-state index in [0.29, 0.717) is 12.1 Å². The molecule has 6 heteroatoms. The number of rotatable bonds is 1. The molecule has 1 unspecified atom stereocenters. The molecule has 1 fully saturated rings. The summed E-state index contributed by atoms with van der Waals surface area (Å²) in [7, 11) is 0. The number of hydrogen-bond donors (Lipinski definition) is 0. The lowest BCUT2D eigenvalue weighted by molar-refractivity contribution is -0.140. The van der Waals surface area contributed by atoms with Crippen molar-refractivity contribution in [2.24, 2.45) is 0 Å².